The minimum atomic E-state index is -0.160. The number of hydrogen-bond acceptors (Lipinski definition) is 6. The van der Waals surface area contributed by atoms with Crippen molar-refractivity contribution in [2.45, 2.75) is 13.1 Å². The molecule has 0 atom stereocenters. The Labute approximate surface area is 163 Å². The predicted molar refractivity (Wildman–Crippen MR) is 103 cm³/mol. The molecule has 2 heterocycles. The molecule has 2 aromatic carbocycles. The lowest BCUT2D eigenvalue weighted by molar-refractivity contribution is 0.0340. The number of hydrogen-bond donors (Lipinski definition) is 1. The minimum Gasteiger partial charge on any atom is -0.379 e. The molecule has 0 spiro atoms. The zero-order valence-electron chi connectivity index (χ0n) is 15.5. The fraction of sp³-hybridized carbons (Fsp3) is 0.300. The third kappa shape index (κ3) is 4.24. The van der Waals surface area contributed by atoms with Crippen molar-refractivity contribution < 1.29 is 9.53 Å². The van der Waals surface area contributed by atoms with Gasteiger partial charge in [0.15, 0.2) is 0 Å². The fourth-order valence-corrected chi connectivity index (χ4v) is 3.29. The molecule has 1 aliphatic heterocycles. The molecule has 144 valence electrons. The number of benzene rings is 2. The molecule has 4 rings (SSSR count). The fourth-order valence-electron chi connectivity index (χ4n) is 3.29. The molecule has 1 aromatic heterocycles. The number of carbonyl (C=O) groups is 1. The van der Waals surface area contributed by atoms with Crippen molar-refractivity contribution in [3.8, 4) is 5.69 Å². The van der Waals surface area contributed by atoms with Gasteiger partial charge in [0.05, 0.1) is 24.5 Å². The Morgan fingerprint density at radius 1 is 1.04 bits per heavy atom. The lowest BCUT2D eigenvalue weighted by Gasteiger charge is -2.27. The quantitative estimate of drug-likeness (QED) is 0.698. The molecule has 0 radical (unpaired) electrons. The van der Waals surface area contributed by atoms with E-state index in [0.717, 1.165) is 38.4 Å². The molecule has 1 N–H and O–H groups in total. The number of carbonyl (C=O) groups excluding carboxylic acids is 1. The van der Waals surface area contributed by atoms with Crippen molar-refractivity contribution >= 4 is 5.91 Å². The Bertz CT molecular complexity index is 922. The smallest absolute Gasteiger partial charge is 0.253 e. The number of rotatable bonds is 6. The Balaban J connectivity index is 1.46. The number of aromatic nitrogens is 4. The first kappa shape index (κ1) is 18.3. The molecule has 1 aliphatic rings. The van der Waals surface area contributed by atoms with Gasteiger partial charge in [0.1, 0.15) is 6.33 Å². The van der Waals surface area contributed by atoms with Crippen LogP contribution in [-0.2, 0) is 17.8 Å². The van der Waals surface area contributed by atoms with Crippen molar-refractivity contribution in [2.75, 3.05) is 26.3 Å². The number of nitrogens with one attached hydrogen (secondary N) is 1. The van der Waals surface area contributed by atoms with Gasteiger partial charge in [-0.15, -0.1) is 5.10 Å². The number of ether oxygens (including phenoxy) is 1. The summed E-state index contributed by atoms with van der Waals surface area (Å²) in [6.45, 7) is 4.72. The van der Waals surface area contributed by atoms with E-state index in [9.17, 15) is 4.79 Å². The molecule has 3 aromatic rings. The highest BCUT2D eigenvalue weighted by Gasteiger charge is 2.15. The number of morpholine rings is 1. The third-order valence-electron chi connectivity index (χ3n) is 4.80. The minimum absolute atomic E-state index is 0.160. The van der Waals surface area contributed by atoms with Gasteiger partial charge in [-0.05, 0) is 33.7 Å². The van der Waals surface area contributed by atoms with E-state index in [1.165, 1.54) is 16.6 Å². The van der Waals surface area contributed by atoms with Crippen LogP contribution in [0, 0.1) is 0 Å². The van der Waals surface area contributed by atoms with Crippen molar-refractivity contribution in [2.24, 2.45) is 0 Å². The molecule has 8 heteroatoms. The van der Waals surface area contributed by atoms with E-state index in [2.05, 4.69) is 37.9 Å². The lowest BCUT2D eigenvalue weighted by atomic mass is 10.1. The summed E-state index contributed by atoms with van der Waals surface area (Å²) in [5.41, 5.74) is 3.51. The maximum absolute atomic E-state index is 12.8. The normalized spacial score (nSPS) is 14.7. The Hall–Kier alpha value is -3.10. The first-order chi connectivity index (χ1) is 13.8. The summed E-state index contributed by atoms with van der Waals surface area (Å²) in [7, 11) is 0. The van der Waals surface area contributed by atoms with E-state index in [-0.39, 0.29) is 5.91 Å². The summed E-state index contributed by atoms with van der Waals surface area (Å²) in [6, 6.07) is 15.5. The second-order valence-corrected chi connectivity index (χ2v) is 6.61. The van der Waals surface area contributed by atoms with E-state index in [1.807, 2.05) is 30.3 Å². The highest BCUT2D eigenvalue weighted by atomic mass is 16.5. The van der Waals surface area contributed by atoms with Crippen LogP contribution in [0.15, 0.2) is 54.9 Å². The van der Waals surface area contributed by atoms with Crippen molar-refractivity contribution in [3.05, 3.63) is 71.5 Å². The SMILES string of the molecule is O=C(NCc1ccccc1CN1CCOCC1)c1ccccc1-n1cnnn1. The predicted octanol–water partition coefficient (Wildman–Crippen LogP) is 1.42. The van der Waals surface area contributed by atoms with Crippen LogP contribution < -0.4 is 5.32 Å². The van der Waals surface area contributed by atoms with Crippen molar-refractivity contribution in [1.29, 1.82) is 0 Å². The lowest BCUT2D eigenvalue weighted by Crippen LogP contribution is -2.36. The average Bonchev–Trinajstić information content (AvgIpc) is 3.28. The van der Waals surface area contributed by atoms with Crippen LogP contribution in [0.3, 0.4) is 0 Å². The number of amides is 1. The largest absolute Gasteiger partial charge is 0.379 e. The van der Waals surface area contributed by atoms with Crippen LogP contribution in [0.1, 0.15) is 21.5 Å². The molecule has 0 bridgehead atoms. The van der Waals surface area contributed by atoms with Gasteiger partial charge in [-0.3, -0.25) is 9.69 Å². The molecule has 28 heavy (non-hydrogen) atoms. The van der Waals surface area contributed by atoms with Gasteiger partial charge in [0.2, 0.25) is 0 Å². The first-order valence-corrected chi connectivity index (χ1v) is 9.29. The summed E-state index contributed by atoms with van der Waals surface area (Å²) < 4.78 is 6.91. The molecule has 1 amide bonds. The average molecular weight is 378 g/mol. The topological polar surface area (TPSA) is 85.2 Å². The van der Waals surface area contributed by atoms with Gasteiger partial charge in [0.25, 0.3) is 5.91 Å². The van der Waals surface area contributed by atoms with E-state index in [4.69, 9.17) is 4.74 Å². The van der Waals surface area contributed by atoms with Gasteiger partial charge < -0.3 is 10.1 Å². The standard InChI is InChI=1S/C20H22N6O2/c27-20(18-7-3-4-8-19(18)26-15-22-23-24-26)21-13-16-5-1-2-6-17(16)14-25-9-11-28-12-10-25/h1-8,15H,9-14H2,(H,21,27). The van der Waals surface area contributed by atoms with Gasteiger partial charge in [-0.1, -0.05) is 36.4 Å². The van der Waals surface area contributed by atoms with Crippen molar-refractivity contribution in [1.82, 2.24) is 30.4 Å². The molecule has 0 unspecified atom stereocenters. The van der Waals surface area contributed by atoms with Gasteiger partial charge in [0, 0.05) is 26.2 Å². The number of nitrogens with zero attached hydrogens (tertiary/aromatic N) is 5. The molecule has 0 saturated carbocycles. The summed E-state index contributed by atoms with van der Waals surface area (Å²) in [5.74, 6) is -0.160. The molecule has 0 aliphatic carbocycles. The van der Waals surface area contributed by atoms with Crippen LogP contribution >= 0.6 is 0 Å². The maximum Gasteiger partial charge on any atom is 0.253 e. The van der Waals surface area contributed by atoms with Crippen LogP contribution in [-0.4, -0.2) is 57.3 Å². The summed E-state index contributed by atoms with van der Waals surface area (Å²) in [4.78, 5) is 15.2. The third-order valence-corrected chi connectivity index (χ3v) is 4.80. The summed E-state index contributed by atoms with van der Waals surface area (Å²) >= 11 is 0. The molecular weight excluding hydrogens is 356 g/mol. The zero-order valence-corrected chi connectivity index (χ0v) is 15.5. The van der Waals surface area contributed by atoms with E-state index in [0.29, 0.717) is 17.8 Å². The molecule has 1 fully saturated rings. The molecule has 8 nitrogen and oxygen atoms in total. The Morgan fingerprint density at radius 2 is 1.79 bits per heavy atom. The second-order valence-electron chi connectivity index (χ2n) is 6.61. The number of tetrazole rings is 1. The maximum atomic E-state index is 12.8. The Morgan fingerprint density at radius 3 is 2.57 bits per heavy atom. The molecule has 1 saturated heterocycles. The first-order valence-electron chi connectivity index (χ1n) is 9.29. The van der Waals surface area contributed by atoms with Crippen LogP contribution in [0.2, 0.25) is 0 Å². The highest BCUT2D eigenvalue weighted by molar-refractivity contribution is 5.97. The zero-order chi connectivity index (χ0) is 19.2. The second kappa shape index (κ2) is 8.73. The van der Waals surface area contributed by atoms with E-state index in [1.54, 1.807) is 6.07 Å². The van der Waals surface area contributed by atoms with Gasteiger partial charge >= 0.3 is 0 Å². The van der Waals surface area contributed by atoms with Crippen LogP contribution in [0.25, 0.3) is 5.69 Å². The monoisotopic (exact) mass is 378 g/mol. The van der Waals surface area contributed by atoms with E-state index < -0.39 is 0 Å². The highest BCUT2D eigenvalue weighted by Crippen LogP contribution is 2.15. The van der Waals surface area contributed by atoms with Crippen molar-refractivity contribution in [3.63, 3.8) is 0 Å². The van der Waals surface area contributed by atoms with Crippen LogP contribution in [0.4, 0.5) is 0 Å². The number of para-hydroxylation sites is 1. The summed E-state index contributed by atoms with van der Waals surface area (Å²) in [6.07, 6.45) is 1.48. The Kier molecular flexibility index (Phi) is 5.69. The van der Waals surface area contributed by atoms with Crippen LogP contribution in [0.5, 0.6) is 0 Å². The molecular formula is C20H22N6O2. The van der Waals surface area contributed by atoms with Gasteiger partial charge in [-0.25, -0.2) is 0 Å². The summed E-state index contributed by atoms with van der Waals surface area (Å²) in [5, 5.41) is 14.2. The van der Waals surface area contributed by atoms with E-state index >= 15 is 0 Å². The van der Waals surface area contributed by atoms with Gasteiger partial charge in [-0.2, -0.15) is 4.68 Å².